The molecule has 0 aliphatic rings. The molecule has 1 amide bonds. The first kappa shape index (κ1) is 13.9. The summed E-state index contributed by atoms with van der Waals surface area (Å²) >= 11 is 3.42. The van der Waals surface area contributed by atoms with E-state index in [2.05, 4.69) is 35.1 Å². The minimum absolute atomic E-state index is 0.0852. The predicted molar refractivity (Wildman–Crippen MR) is 64.7 cm³/mol. The van der Waals surface area contributed by atoms with Crippen molar-refractivity contribution in [2.75, 3.05) is 11.9 Å². The van der Waals surface area contributed by atoms with Gasteiger partial charge in [0.15, 0.2) is 0 Å². The Kier molecular flexibility index (Phi) is 6.41. The van der Waals surface area contributed by atoms with Crippen molar-refractivity contribution in [1.82, 2.24) is 5.32 Å². The molecule has 0 bridgehead atoms. The molecule has 0 saturated carbocycles. The number of nitrogens with one attached hydrogen (secondary N) is 1. The van der Waals surface area contributed by atoms with Crippen molar-refractivity contribution in [3.8, 4) is 0 Å². The highest BCUT2D eigenvalue weighted by Gasteiger charge is 2.18. The molecule has 0 aromatic heterocycles. The van der Waals surface area contributed by atoms with Gasteiger partial charge < -0.3 is 5.32 Å². The van der Waals surface area contributed by atoms with Gasteiger partial charge in [-0.3, -0.25) is 4.79 Å². The predicted octanol–water partition coefficient (Wildman–Crippen LogP) is 2.96. The monoisotopic (exact) mass is 263 g/mol. The molecule has 0 aliphatic heterocycles. The van der Waals surface area contributed by atoms with E-state index in [1.54, 1.807) is 0 Å². The Morgan fingerprint density at radius 2 is 2.00 bits per heavy atom. The molecule has 3 heteroatoms. The lowest BCUT2D eigenvalue weighted by molar-refractivity contribution is -0.124. The SMILES string of the molecule is CC(C)C(=O)NCC(C)(C)CCCBr. The third kappa shape index (κ3) is 6.41. The molecular formula is C11H22BrNO. The van der Waals surface area contributed by atoms with Crippen molar-refractivity contribution < 1.29 is 4.79 Å². The maximum absolute atomic E-state index is 11.3. The number of amides is 1. The zero-order valence-electron chi connectivity index (χ0n) is 9.69. The number of halogens is 1. The van der Waals surface area contributed by atoms with Gasteiger partial charge in [0.1, 0.15) is 0 Å². The maximum atomic E-state index is 11.3. The van der Waals surface area contributed by atoms with Crippen LogP contribution in [-0.4, -0.2) is 17.8 Å². The highest BCUT2D eigenvalue weighted by molar-refractivity contribution is 9.09. The topological polar surface area (TPSA) is 29.1 Å². The van der Waals surface area contributed by atoms with E-state index in [0.29, 0.717) is 0 Å². The van der Waals surface area contributed by atoms with E-state index in [9.17, 15) is 4.79 Å². The van der Waals surface area contributed by atoms with E-state index in [0.717, 1.165) is 24.7 Å². The number of carbonyl (C=O) groups is 1. The smallest absolute Gasteiger partial charge is 0.222 e. The van der Waals surface area contributed by atoms with Gasteiger partial charge in [-0.25, -0.2) is 0 Å². The highest BCUT2D eigenvalue weighted by Crippen LogP contribution is 2.21. The number of rotatable bonds is 6. The Bertz CT molecular complexity index is 178. The van der Waals surface area contributed by atoms with Crippen LogP contribution in [0.5, 0.6) is 0 Å². The lowest BCUT2D eigenvalue weighted by atomic mass is 9.88. The van der Waals surface area contributed by atoms with Gasteiger partial charge in [-0.2, -0.15) is 0 Å². The summed E-state index contributed by atoms with van der Waals surface area (Å²) in [5, 5.41) is 4.01. The summed E-state index contributed by atoms with van der Waals surface area (Å²) in [7, 11) is 0. The number of hydrogen-bond donors (Lipinski definition) is 1. The van der Waals surface area contributed by atoms with E-state index in [4.69, 9.17) is 0 Å². The second-order valence-corrected chi connectivity index (χ2v) is 5.62. The first-order valence-electron chi connectivity index (χ1n) is 5.23. The van der Waals surface area contributed by atoms with Gasteiger partial charge in [-0.1, -0.05) is 43.6 Å². The van der Waals surface area contributed by atoms with Crippen LogP contribution in [0.15, 0.2) is 0 Å². The Morgan fingerprint density at radius 1 is 1.43 bits per heavy atom. The van der Waals surface area contributed by atoms with Gasteiger partial charge in [0.2, 0.25) is 5.91 Å². The first-order valence-corrected chi connectivity index (χ1v) is 6.35. The summed E-state index contributed by atoms with van der Waals surface area (Å²) in [6, 6.07) is 0. The van der Waals surface area contributed by atoms with Gasteiger partial charge in [-0.15, -0.1) is 0 Å². The van der Waals surface area contributed by atoms with Crippen molar-refractivity contribution in [3.63, 3.8) is 0 Å². The molecule has 84 valence electrons. The van der Waals surface area contributed by atoms with Gasteiger partial charge in [0.25, 0.3) is 0 Å². The molecular weight excluding hydrogens is 242 g/mol. The van der Waals surface area contributed by atoms with Crippen LogP contribution in [0.3, 0.4) is 0 Å². The lowest BCUT2D eigenvalue weighted by Gasteiger charge is -2.25. The number of hydrogen-bond acceptors (Lipinski definition) is 1. The molecule has 0 aromatic carbocycles. The second kappa shape index (κ2) is 6.44. The molecule has 0 radical (unpaired) electrons. The average molecular weight is 264 g/mol. The third-order valence-corrected chi connectivity index (χ3v) is 2.81. The first-order chi connectivity index (χ1) is 6.39. The van der Waals surface area contributed by atoms with E-state index in [-0.39, 0.29) is 17.2 Å². The average Bonchev–Trinajstić information content (AvgIpc) is 2.11. The Balaban J connectivity index is 3.80. The van der Waals surface area contributed by atoms with E-state index < -0.39 is 0 Å². The highest BCUT2D eigenvalue weighted by atomic mass is 79.9. The molecule has 0 unspecified atom stereocenters. The third-order valence-electron chi connectivity index (χ3n) is 2.25. The van der Waals surface area contributed by atoms with E-state index in [1.807, 2.05) is 13.8 Å². The van der Waals surface area contributed by atoms with Crippen LogP contribution >= 0.6 is 15.9 Å². The van der Waals surface area contributed by atoms with Gasteiger partial charge in [0.05, 0.1) is 0 Å². The molecule has 0 atom stereocenters. The van der Waals surface area contributed by atoms with Crippen LogP contribution in [0.4, 0.5) is 0 Å². The van der Waals surface area contributed by atoms with E-state index >= 15 is 0 Å². The Morgan fingerprint density at radius 3 is 2.43 bits per heavy atom. The van der Waals surface area contributed by atoms with Crippen molar-refractivity contribution in [1.29, 1.82) is 0 Å². The maximum Gasteiger partial charge on any atom is 0.222 e. The molecule has 0 fully saturated rings. The Labute approximate surface area is 96.0 Å². The summed E-state index contributed by atoms with van der Waals surface area (Å²) in [5.74, 6) is 0.235. The molecule has 0 aliphatic carbocycles. The minimum atomic E-state index is 0.0852. The van der Waals surface area contributed by atoms with Crippen LogP contribution in [0.1, 0.15) is 40.5 Å². The molecule has 14 heavy (non-hydrogen) atoms. The summed E-state index contributed by atoms with van der Waals surface area (Å²) in [6.45, 7) is 8.99. The van der Waals surface area contributed by atoms with Crippen LogP contribution < -0.4 is 5.32 Å². The zero-order chi connectivity index (χ0) is 11.2. The minimum Gasteiger partial charge on any atom is -0.355 e. The van der Waals surface area contributed by atoms with Gasteiger partial charge in [0, 0.05) is 17.8 Å². The molecule has 0 aromatic rings. The standard InChI is InChI=1S/C11H22BrNO/c1-9(2)10(14)13-8-11(3,4)6-5-7-12/h9H,5-8H2,1-4H3,(H,13,14). The largest absolute Gasteiger partial charge is 0.355 e. The molecule has 0 rings (SSSR count). The van der Waals surface area contributed by atoms with Crippen LogP contribution in [0, 0.1) is 11.3 Å². The van der Waals surface area contributed by atoms with Crippen LogP contribution in [-0.2, 0) is 4.79 Å². The fourth-order valence-electron chi connectivity index (χ4n) is 1.16. The molecule has 2 nitrogen and oxygen atoms in total. The second-order valence-electron chi connectivity index (χ2n) is 4.83. The summed E-state index contributed by atoms with van der Waals surface area (Å²) in [5.41, 5.74) is 0.207. The van der Waals surface area contributed by atoms with Crippen molar-refractivity contribution in [2.45, 2.75) is 40.5 Å². The Hall–Kier alpha value is -0.0500. The fourth-order valence-corrected chi connectivity index (χ4v) is 1.44. The molecule has 1 N–H and O–H groups in total. The summed E-state index contributed by atoms with van der Waals surface area (Å²) in [6.07, 6.45) is 2.29. The number of carbonyl (C=O) groups excluding carboxylic acids is 1. The van der Waals surface area contributed by atoms with Crippen molar-refractivity contribution in [3.05, 3.63) is 0 Å². The molecule has 0 spiro atoms. The number of alkyl halides is 1. The van der Waals surface area contributed by atoms with Gasteiger partial charge >= 0.3 is 0 Å². The molecule has 0 heterocycles. The van der Waals surface area contributed by atoms with Gasteiger partial charge in [-0.05, 0) is 18.3 Å². The normalized spacial score (nSPS) is 11.9. The fraction of sp³-hybridized carbons (Fsp3) is 0.909. The van der Waals surface area contributed by atoms with Crippen molar-refractivity contribution in [2.24, 2.45) is 11.3 Å². The van der Waals surface area contributed by atoms with Crippen molar-refractivity contribution >= 4 is 21.8 Å². The van der Waals surface area contributed by atoms with E-state index in [1.165, 1.54) is 0 Å². The zero-order valence-corrected chi connectivity index (χ0v) is 11.3. The van der Waals surface area contributed by atoms with Crippen LogP contribution in [0.2, 0.25) is 0 Å². The quantitative estimate of drug-likeness (QED) is 0.734. The van der Waals surface area contributed by atoms with Crippen LogP contribution in [0.25, 0.3) is 0 Å². The summed E-state index contributed by atoms with van der Waals surface area (Å²) < 4.78 is 0. The lowest BCUT2D eigenvalue weighted by Crippen LogP contribution is -2.36. The molecule has 0 saturated heterocycles. The summed E-state index contributed by atoms with van der Waals surface area (Å²) in [4.78, 5) is 11.3.